The van der Waals surface area contributed by atoms with Crippen LogP contribution in [0.25, 0.3) is 0 Å². The van der Waals surface area contributed by atoms with Crippen molar-refractivity contribution in [2.75, 3.05) is 6.61 Å². The molecule has 3 heteroatoms. The summed E-state index contributed by atoms with van der Waals surface area (Å²) in [5.41, 5.74) is 0.508. The maximum atomic E-state index is 11.4. The Labute approximate surface area is 89.1 Å². The Morgan fingerprint density at radius 3 is 2.40 bits per heavy atom. The minimum Gasteiger partial charge on any atom is -0.461 e. The van der Waals surface area contributed by atoms with E-state index in [1.807, 2.05) is 6.07 Å². The fraction of sp³-hybridized carbons (Fsp3) is 0.333. The molecule has 80 valence electrons. The zero-order valence-electron chi connectivity index (χ0n) is 8.90. The molecule has 1 aromatic carbocycles. The number of rotatable bonds is 4. The summed E-state index contributed by atoms with van der Waals surface area (Å²) in [5.74, 6) is -0.600. The molecule has 0 spiro atoms. The molecule has 3 nitrogen and oxygen atoms in total. The summed E-state index contributed by atoms with van der Waals surface area (Å²) in [7, 11) is 0. The minimum atomic E-state index is -0.385. The Balaban J connectivity index is 2.47. The Kier molecular flexibility index (Phi) is 4.03. The summed E-state index contributed by atoms with van der Waals surface area (Å²) < 4.78 is 4.99. The maximum Gasteiger partial charge on any atom is 0.338 e. The van der Waals surface area contributed by atoms with Gasteiger partial charge in [-0.15, -0.1) is 0 Å². The summed E-state index contributed by atoms with van der Waals surface area (Å²) in [4.78, 5) is 22.3. The van der Waals surface area contributed by atoms with Gasteiger partial charge in [0.15, 0.2) is 0 Å². The van der Waals surface area contributed by atoms with E-state index in [4.69, 9.17) is 4.74 Å². The van der Waals surface area contributed by atoms with Crippen LogP contribution in [-0.2, 0) is 9.53 Å². The number of hydrogen-bond acceptors (Lipinski definition) is 3. The van der Waals surface area contributed by atoms with Gasteiger partial charge in [-0.05, 0) is 19.1 Å². The van der Waals surface area contributed by atoms with Crippen molar-refractivity contribution in [1.82, 2.24) is 0 Å². The molecule has 1 aromatic rings. The predicted octanol–water partition coefficient (Wildman–Crippen LogP) is 2.07. The van der Waals surface area contributed by atoms with Crippen molar-refractivity contribution >= 4 is 11.8 Å². The largest absolute Gasteiger partial charge is 0.461 e. The molecule has 0 N–H and O–H groups in total. The highest BCUT2D eigenvalue weighted by molar-refractivity contribution is 5.89. The van der Waals surface area contributed by atoms with E-state index >= 15 is 0 Å². The lowest BCUT2D eigenvalue weighted by Crippen LogP contribution is -2.17. The van der Waals surface area contributed by atoms with Crippen LogP contribution in [0.5, 0.6) is 0 Å². The van der Waals surface area contributed by atoms with Gasteiger partial charge in [-0.3, -0.25) is 4.79 Å². The molecule has 0 aromatic heterocycles. The standard InChI is InChI=1S/C12H14O3/c1-9(10(2)13)8-15-12(14)11-6-4-3-5-7-11/h3-7,9H,8H2,1-2H3. The van der Waals surface area contributed by atoms with E-state index in [1.54, 1.807) is 31.2 Å². The van der Waals surface area contributed by atoms with E-state index in [1.165, 1.54) is 6.92 Å². The molecule has 0 radical (unpaired) electrons. The number of carbonyl (C=O) groups is 2. The fourth-order valence-corrected chi connectivity index (χ4v) is 0.976. The Morgan fingerprint density at radius 1 is 1.27 bits per heavy atom. The molecular formula is C12H14O3. The van der Waals surface area contributed by atoms with Crippen molar-refractivity contribution in [2.45, 2.75) is 13.8 Å². The molecule has 0 bridgehead atoms. The Bertz CT molecular complexity index is 343. The number of ketones is 1. The molecule has 0 saturated heterocycles. The number of esters is 1. The fourth-order valence-electron chi connectivity index (χ4n) is 0.976. The number of hydrogen-bond donors (Lipinski definition) is 0. The summed E-state index contributed by atoms with van der Waals surface area (Å²) in [6, 6.07) is 8.73. The number of Topliss-reactive ketones (excluding diaryl/α,β-unsaturated/α-hetero) is 1. The lowest BCUT2D eigenvalue weighted by Gasteiger charge is -2.08. The predicted molar refractivity (Wildman–Crippen MR) is 56.6 cm³/mol. The molecule has 1 rings (SSSR count). The number of ether oxygens (including phenoxy) is 1. The second kappa shape index (κ2) is 5.29. The molecule has 0 fully saturated rings. The first kappa shape index (κ1) is 11.4. The second-order valence-corrected chi connectivity index (χ2v) is 3.48. The molecule has 15 heavy (non-hydrogen) atoms. The summed E-state index contributed by atoms with van der Waals surface area (Å²) in [6.45, 7) is 3.37. The normalized spacial score (nSPS) is 11.9. The highest BCUT2D eigenvalue weighted by atomic mass is 16.5. The van der Waals surface area contributed by atoms with Crippen molar-refractivity contribution in [3.63, 3.8) is 0 Å². The molecule has 0 aliphatic rings. The molecule has 0 aliphatic heterocycles. The van der Waals surface area contributed by atoms with Crippen LogP contribution in [0.3, 0.4) is 0 Å². The average molecular weight is 206 g/mol. The first-order chi connectivity index (χ1) is 7.11. The summed E-state index contributed by atoms with van der Waals surface area (Å²) in [6.07, 6.45) is 0. The number of carbonyl (C=O) groups excluding carboxylic acids is 2. The van der Waals surface area contributed by atoms with E-state index in [2.05, 4.69) is 0 Å². The van der Waals surface area contributed by atoms with Gasteiger partial charge in [0.25, 0.3) is 0 Å². The number of benzene rings is 1. The molecule has 0 amide bonds. The van der Waals surface area contributed by atoms with Crippen molar-refractivity contribution < 1.29 is 14.3 Å². The van der Waals surface area contributed by atoms with Gasteiger partial charge in [-0.1, -0.05) is 25.1 Å². The smallest absolute Gasteiger partial charge is 0.338 e. The highest BCUT2D eigenvalue weighted by Gasteiger charge is 2.11. The van der Waals surface area contributed by atoms with Crippen molar-refractivity contribution in [2.24, 2.45) is 5.92 Å². The molecule has 1 atom stereocenters. The van der Waals surface area contributed by atoms with Crippen LogP contribution in [0.2, 0.25) is 0 Å². The zero-order valence-corrected chi connectivity index (χ0v) is 8.90. The zero-order chi connectivity index (χ0) is 11.3. The van der Waals surface area contributed by atoms with Gasteiger partial charge in [-0.25, -0.2) is 4.79 Å². The van der Waals surface area contributed by atoms with Gasteiger partial charge in [0, 0.05) is 5.92 Å². The van der Waals surface area contributed by atoms with Crippen molar-refractivity contribution in [3.8, 4) is 0 Å². The molecule has 1 unspecified atom stereocenters. The quantitative estimate of drug-likeness (QED) is 0.708. The van der Waals surface area contributed by atoms with Crippen molar-refractivity contribution in [3.05, 3.63) is 35.9 Å². The van der Waals surface area contributed by atoms with Crippen LogP contribution in [0.4, 0.5) is 0 Å². The summed E-state index contributed by atoms with van der Waals surface area (Å²) in [5, 5.41) is 0. The van der Waals surface area contributed by atoms with Crippen LogP contribution >= 0.6 is 0 Å². The van der Waals surface area contributed by atoms with E-state index < -0.39 is 0 Å². The first-order valence-corrected chi connectivity index (χ1v) is 4.84. The third-order valence-corrected chi connectivity index (χ3v) is 2.17. The van der Waals surface area contributed by atoms with Gasteiger partial charge >= 0.3 is 5.97 Å². The van der Waals surface area contributed by atoms with Crippen LogP contribution < -0.4 is 0 Å². The Morgan fingerprint density at radius 2 is 1.87 bits per heavy atom. The molecule has 0 saturated carbocycles. The van der Waals surface area contributed by atoms with Crippen LogP contribution in [0.1, 0.15) is 24.2 Å². The third-order valence-electron chi connectivity index (χ3n) is 2.17. The van der Waals surface area contributed by atoms with Gasteiger partial charge in [0.2, 0.25) is 0 Å². The molecular weight excluding hydrogens is 192 g/mol. The molecule has 0 aliphatic carbocycles. The van der Waals surface area contributed by atoms with E-state index in [9.17, 15) is 9.59 Å². The van der Waals surface area contributed by atoms with E-state index in [-0.39, 0.29) is 24.3 Å². The van der Waals surface area contributed by atoms with E-state index in [0.29, 0.717) is 5.56 Å². The van der Waals surface area contributed by atoms with Crippen LogP contribution in [-0.4, -0.2) is 18.4 Å². The lowest BCUT2D eigenvalue weighted by atomic mass is 10.1. The topological polar surface area (TPSA) is 43.4 Å². The van der Waals surface area contributed by atoms with Crippen LogP contribution in [0, 0.1) is 5.92 Å². The second-order valence-electron chi connectivity index (χ2n) is 3.48. The van der Waals surface area contributed by atoms with Gasteiger partial charge < -0.3 is 4.74 Å². The highest BCUT2D eigenvalue weighted by Crippen LogP contribution is 2.04. The van der Waals surface area contributed by atoms with E-state index in [0.717, 1.165) is 0 Å². The van der Waals surface area contributed by atoms with Crippen molar-refractivity contribution in [1.29, 1.82) is 0 Å². The lowest BCUT2D eigenvalue weighted by molar-refractivity contribution is -0.121. The Hall–Kier alpha value is -1.64. The van der Waals surface area contributed by atoms with Gasteiger partial charge in [0.05, 0.1) is 5.56 Å². The first-order valence-electron chi connectivity index (χ1n) is 4.84. The van der Waals surface area contributed by atoms with Crippen LogP contribution in [0.15, 0.2) is 30.3 Å². The third kappa shape index (κ3) is 3.54. The minimum absolute atomic E-state index is 0.0239. The molecule has 0 heterocycles. The van der Waals surface area contributed by atoms with Gasteiger partial charge in [0.1, 0.15) is 12.4 Å². The average Bonchev–Trinajstić information content (AvgIpc) is 2.26. The summed E-state index contributed by atoms with van der Waals surface area (Å²) >= 11 is 0. The van der Waals surface area contributed by atoms with Gasteiger partial charge in [-0.2, -0.15) is 0 Å². The maximum absolute atomic E-state index is 11.4. The SMILES string of the molecule is CC(=O)C(C)COC(=O)c1ccccc1. The monoisotopic (exact) mass is 206 g/mol.